The first-order chi connectivity index (χ1) is 13.2. The number of allylic oxidation sites excluding steroid dienone is 3. The van der Waals surface area contributed by atoms with Crippen molar-refractivity contribution in [3.63, 3.8) is 0 Å². The standard InChI is InChI=1S/C26H34N2/c1-8-28-21(6)26(7,16-20(5)27)17-25-15-24(10-9-19(25)4)23-13-11-22(12-14-23)18(2)3/h9-15,28H,2,5-6,8,16-17,27H2,1,3-4,7H3. The lowest BCUT2D eigenvalue weighted by Gasteiger charge is -2.33. The smallest absolute Gasteiger partial charge is 0.0161 e. The lowest BCUT2D eigenvalue weighted by Crippen LogP contribution is -2.32. The van der Waals surface area contributed by atoms with Crippen LogP contribution in [0, 0.1) is 12.3 Å². The van der Waals surface area contributed by atoms with Crippen LogP contribution in [0.3, 0.4) is 0 Å². The average molecular weight is 375 g/mol. The van der Waals surface area contributed by atoms with Crippen molar-refractivity contribution >= 4 is 5.57 Å². The van der Waals surface area contributed by atoms with Gasteiger partial charge in [0.1, 0.15) is 0 Å². The van der Waals surface area contributed by atoms with Crippen LogP contribution in [0.25, 0.3) is 16.7 Å². The molecule has 2 rings (SSSR count). The maximum absolute atomic E-state index is 5.99. The molecular formula is C26H34N2. The summed E-state index contributed by atoms with van der Waals surface area (Å²) in [5, 5.41) is 3.39. The molecule has 2 heteroatoms. The van der Waals surface area contributed by atoms with Gasteiger partial charge in [-0.05, 0) is 61.4 Å². The van der Waals surface area contributed by atoms with E-state index < -0.39 is 0 Å². The van der Waals surface area contributed by atoms with E-state index in [4.69, 9.17) is 5.73 Å². The number of hydrogen-bond acceptors (Lipinski definition) is 2. The minimum absolute atomic E-state index is 0.185. The first-order valence-electron chi connectivity index (χ1n) is 9.88. The van der Waals surface area contributed by atoms with Gasteiger partial charge in [-0.3, -0.25) is 0 Å². The van der Waals surface area contributed by atoms with Gasteiger partial charge in [-0.2, -0.15) is 0 Å². The van der Waals surface area contributed by atoms with Gasteiger partial charge in [0.2, 0.25) is 0 Å². The van der Waals surface area contributed by atoms with Crippen LogP contribution < -0.4 is 11.1 Å². The van der Waals surface area contributed by atoms with E-state index in [1.807, 2.05) is 6.92 Å². The quantitative estimate of drug-likeness (QED) is 0.546. The van der Waals surface area contributed by atoms with Gasteiger partial charge in [0.15, 0.2) is 0 Å². The van der Waals surface area contributed by atoms with Gasteiger partial charge in [-0.15, -0.1) is 0 Å². The van der Waals surface area contributed by atoms with Crippen LogP contribution in [0.2, 0.25) is 0 Å². The maximum Gasteiger partial charge on any atom is 0.0161 e. The number of rotatable bonds is 9. The van der Waals surface area contributed by atoms with E-state index in [1.165, 1.54) is 27.8 Å². The van der Waals surface area contributed by atoms with Crippen LogP contribution >= 0.6 is 0 Å². The van der Waals surface area contributed by atoms with Crippen molar-refractivity contribution in [2.24, 2.45) is 11.1 Å². The van der Waals surface area contributed by atoms with E-state index in [0.29, 0.717) is 12.1 Å². The monoisotopic (exact) mass is 374 g/mol. The predicted molar refractivity (Wildman–Crippen MR) is 124 cm³/mol. The van der Waals surface area contributed by atoms with Gasteiger partial charge in [-0.1, -0.05) is 74.7 Å². The summed E-state index contributed by atoms with van der Waals surface area (Å²) in [5.74, 6) is 0. The van der Waals surface area contributed by atoms with E-state index in [9.17, 15) is 0 Å². The van der Waals surface area contributed by atoms with Crippen molar-refractivity contribution in [3.05, 3.63) is 90.3 Å². The fourth-order valence-corrected chi connectivity index (χ4v) is 3.61. The zero-order chi connectivity index (χ0) is 20.9. The molecule has 2 aromatic carbocycles. The largest absolute Gasteiger partial charge is 0.402 e. The molecule has 0 fully saturated rings. The van der Waals surface area contributed by atoms with Crippen molar-refractivity contribution in [1.29, 1.82) is 0 Å². The molecular weight excluding hydrogens is 340 g/mol. The van der Waals surface area contributed by atoms with Gasteiger partial charge in [0.25, 0.3) is 0 Å². The summed E-state index contributed by atoms with van der Waals surface area (Å²) >= 11 is 0. The molecule has 0 aliphatic rings. The van der Waals surface area contributed by atoms with Crippen LogP contribution in [0.5, 0.6) is 0 Å². The summed E-state index contributed by atoms with van der Waals surface area (Å²) in [6, 6.07) is 15.3. The normalized spacial score (nSPS) is 12.9. The van der Waals surface area contributed by atoms with E-state index in [1.54, 1.807) is 0 Å². The second kappa shape index (κ2) is 8.97. The van der Waals surface area contributed by atoms with Crippen LogP contribution in [0.1, 0.15) is 43.9 Å². The number of nitrogens with two attached hydrogens (primary N) is 1. The molecule has 0 bridgehead atoms. The summed E-state index contributed by atoms with van der Waals surface area (Å²) in [5.41, 5.74) is 14.8. The Morgan fingerprint density at radius 3 is 2.18 bits per heavy atom. The molecule has 0 heterocycles. The SMILES string of the molecule is C=C(N)CC(C)(Cc1cc(-c2ccc(C(=C)C)cc2)ccc1C)C(=C)NCC. The Hall–Kier alpha value is -2.74. The summed E-state index contributed by atoms with van der Waals surface area (Å²) in [6.45, 7) is 21.6. The zero-order valence-corrected chi connectivity index (χ0v) is 17.9. The molecule has 2 aromatic rings. The second-order valence-electron chi connectivity index (χ2n) is 8.08. The van der Waals surface area contributed by atoms with Crippen LogP contribution in [-0.2, 0) is 6.42 Å². The molecule has 0 saturated heterocycles. The second-order valence-corrected chi connectivity index (χ2v) is 8.08. The highest BCUT2D eigenvalue weighted by atomic mass is 14.9. The molecule has 3 N–H and O–H groups in total. The molecule has 0 spiro atoms. The highest BCUT2D eigenvalue weighted by molar-refractivity contribution is 5.69. The first kappa shape index (κ1) is 21.6. The van der Waals surface area contributed by atoms with E-state index in [0.717, 1.165) is 24.2 Å². The maximum atomic E-state index is 5.99. The summed E-state index contributed by atoms with van der Waals surface area (Å²) in [6.07, 6.45) is 1.56. The van der Waals surface area contributed by atoms with Gasteiger partial charge in [0.05, 0.1) is 0 Å². The summed E-state index contributed by atoms with van der Waals surface area (Å²) in [7, 11) is 0. The predicted octanol–water partition coefficient (Wildman–Crippen LogP) is 6.23. The fraction of sp³-hybridized carbons (Fsp3) is 0.308. The van der Waals surface area contributed by atoms with Crippen molar-refractivity contribution in [1.82, 2.24) is 5.32 Å². The molecule has 1 atom stereocenters. The Morgan fingerprint density at radius 2 is 1.64 bits per heavy atom. The van der Waals surface area contributed by atoms with Crippen molar-refractivity contribution in [2.45, 2.75) is 40.5 Å². The lowest BCUT2D eigenvalue weighted by atomic mass is 9.76. The molecule has 0 saturated carbocycles. The molecule has 0 aromatic heterocycles. The number of benzene rings is 2. The third-order valence-corrected chi connectivity index (χ3v) is 5.38. The number of nitrogens with one attached hydrogen (secondary N) is 1. The highest BCUT2D eigenvalue weighted by Gasteiger charge is 2.29. The van der Waals surface area contributed by atoms with Crippen LogP contribution in [0.15, 0.2) is 73.6 Å². The molecule has 148 valence electrons. The lowest BCUT2D eigenvalue weighted by molar-refractivity contribution is 0.365. The molecule has 28 heavy (non-hydrogen) atoms. The summed E-state index contributed by atoms with van der Waals surface area (Å²) in [4.78, 5) is 0. The molecule has 0 amide bonds. The highest BCUT2D eigenvalue weighted by Crippen LogP contribution is 2.36. The third-order valence-electron chi connectivity index (χ3n) is 5.38. The van der Waals surface area contributed by atoms with E-state index >= 15 is 0 Å². The van der Waals surface area contributed by atoms with Crippen molar-refractivity contribution in [3.8, 4) is 11.1 Å². The minimum atomic E-state index is -0.185. The topological polar surface area (TPSA) is 38.0 Å². The Morgan fingerprint density at radius 1 is 1.04 bits per heavy atom. The molecule has 0 radical (unpaired) electrons. The first-order valence-corrected chi connectivity index (χ1v) is 9.88. The van der Waals surface area contributed by atoms with Gasteiger partial charge >= 0.3 is 0 Å². The van der Waals surface area contributed by atoms with Gasteiger partial charge in [-0.25, -0.2) is 0 Å². The third kappa shape index (κ3) is 5.16. The van der Waals surface area contributed by atoms with E-state index in [-0.39, 0.29) is 5.41 Å². The average Bonchev–Trinajstić information content (AvgIpc) is 2.63. The Labute approximate surface area is 170 Å². The van der Waals surface area contributed by atoms with Crippen LogP contribution in [-0.4, -0.2) is 6.54 Å². The molecule has 0 aliphatic heterocycles. The Kier molecular flexibility index (Phi) is 6.90. The Bertz CT molecular complexity index is 874. The van der Waals surface area contributed by atoms with Crippen LogP contribution in [0.4, 0.5) is 0 Å². The van der Waals surface area contributed by atoms with E-state index in [2.05, 4.69) is 88.3 Å². The Balaban J connectivity index is 2.39. The van der Waals surface area contributed by atoms with Gasteiger partial charge in [0, 0.05) is 23.4 Å². The minimum Gasteiger partial charge on any atom is -0.402 e. The number of aryl methyl sites for hydroxylation is 1. The number of hydrogen-bond donors (Lipinski definition) is 2. The van der Waals surface area contributed by atoms with Crippen molar-refractivity contribution < 1.29 is 0 Å². The summed E-state index contributed by atoms with van der Waals surface area (Å²) < 4.78 is 0. The van der Waals surface area contributed by atoms with Crippen molar-refractivity contribution in [2.75, 3.05) is 6.54 Å². The fourth-order valence-electron chi connectivity index (χ4n) is 3.61. The van der Waals surface area contributed by atoms with Gasteiger partial charge < -0.3 is 11.1 Å². The molecule has 0 aliphatic carbocycles. The zero-order valence-electron chi connectivity index (χ0n) is 17.9. The molecule has 1 unspecified atom stereocenters. The molecule has 2 nitrogen and oxygen atoms in total.